The van der Waals surface area contributed by atoms with Crippen molar-refractivity contribution in [2.45, 2.75) is 32.6 Å². The van der Waals surface area contributed by atoms with Gasteiger partial charge in [0.25, 0.3) is 0 Å². The molecular weight excluding hydrogens is 224 g/mol. The summed E-state index contributed by atoms with van der Waals surface area (Å²) in [5, 5.41) is 17.3. The largest absolute Gasteiger partial charge is 0.203 e. The maximum absolute atomic E-state index is 9.21. The van der Waals surface area contributed by atoms with Gasteiger partial charge in [0.05, 0.1) is 5.52 Å². The van der Waals surface area contributed by atoms with Crippen LogP contribution in [0.1, 0.15) is 32.6 Å². The normalized spacial score (nSPS) is 11.7. The molecule has 0 aliphatic rings. The Labute approximate surface area is 107 Å². The Bertz CT molecular complexity index is 589. The number of hydrogen-bond donors (Lipinski definition) is 0. The molecular formula is C14H16N4. The summed E-state index contributed by atoms with van der Waals surface area (Å²) >= 11 is 0. The lowest BCUT2D eigenvalue weighted by atomic mass is 10.2. The van der Waals surface area contributed by atoms with E-state index in [1.165, 1.54) is 12.8 Å². The number of allylic oxidation sites excluding steroid dienone is 2. The zero-order valence-electron chi connectivity index (χ0n) is 10.5. The van der Waals surface area contributed by atoms with Gasteiger partial charge in [-0.15, -0.1) is 5.10 Å². The van der Waals surface area contributed by atoms with Gasteiger partial charge >= 0.3 is 0 Å². The minimum absolute atomic E-state index is 0.555. The van der Waals surface area contributed by atoms with Gasteiger partial charge in [0, 0.05) is 0 Å². The Morgan fingerprint density at radius 1 is 1.39 bits per heavy atom. The predicted octanol–water partition coefficient (Wildman–Crippen LogP) is 3.38. The van der Waals surface area contributed by atoms with E-state index < -0.39 is 0 Å². The van der Waals surface area contributed by atoms with Crippen molar-refractivity contribution in [1.29, 1.82) is 5.26 Å². The van der Waals surface area contributed by atoms with Gasteiger partial charge in [-0.2, -0.15) is 5.26 Å². The molecule has 0 N–H and O–H groups in total. The fraction of sp³-hybridized carbons (Fsp3) is 0.357. The molecule has 92 valence electrons. The van der Waals surface area contributed by atoms with Crippen LogP contribution in [0.25, 0.3) is 16.7 Å². The summed E-state index contributed by atoms with van der Waals surface area (Å²) in [7, 11) is 0. The number of para-hydroxylation sites is 1. The second-order valence-corrected chi connectivity index (χ2v) is 4.19. The fourth-order valence-electron chi connectivity index (χ4n) is 1.86. The summed E-state index contributed by atoms with van der Waals surface area (Å²) < 4.78 is 1.61. The third-order valence-electron chi connectivity index (χ3n) is 2.84. The number of benzene rings is 1. The molecule has 18 heavy (non-hydrogen) atoms. The van der Waals surface area contributed by atoms with Crippen molar-refractivity contribution >= 4 is 16.7 Å². The molecule has 4 heteroatoms. The Morgan fingerprint density at radius 2 is 2.22 bits per heavy atom. The summed E-state index contributed by atoms with van der Waals surface area (Å²) in [6.45, 7) is 2.17. The fourth-order valence-corrected chi connectivity index (χ4v) is 1.86. The van der Waals surface area contributed by atoms with Crippen LogP contribution >= 0.6 is 0 Å². The molecule has 4 nitrogen and oxygen atoms in total. The minimum atomic E-state index is 0.555. The van der Waals surface area contributed by atoms with Crippen LogP contribution in [-0.2, 0) is 0 Å². The summed E-state index contributed by atoms with van der Waals surface area (Å²) in [5.41, 5.74) is 2.24. The van der Waals surface area contributed by atoms with Gasteiger partial charge < -0.3 is 0 Å². The Balaban J connectivity index is 2.25. The first-order valence-corrected chi connectivity index (χ1v) is 6.28. The number of hydrogen-bond acceptors (Lipinski definition) is 3. The number of rotatable bonds is 5. The number of fused-ring (bicyclic) bond motifs is 1. The smallest absolute Gasteiger partial charge is 0.140 e. The Kier molecular flexibility index (Phi) is 4.08. The van der Waals surface area contributed by atoms with Gasteiger partial charge in [-0.1, -0.05) is 37.1 Å². The number of unbranched alkanes of at least 4 members (excludes halogenated alkanes) is 3. The number of nitrogens with zero attached hydrogens (tertiary/aromatic N) is 4. The highest BCUT2D eigenvalue weighted by atomic mass is 15.4. The van der Waals surface area contributed by atoms with E-state index in [2.05, 4.69) is 23.3 Å². The lowest BCUT2D eigenvalue weighted by molar-refractivity contribution is 0.727. The molecule has 0 amide bonds. The van der Waals surface area contributed by atoms with Crippen molar-refractivity contribution in [3.63, 3.8) is 0 Å². The monoisotopic (exact) mass is 240 g/mol. The molecule has 2 aromatic rings. The minimum Gasteiger partial charge on any atom is -0.203 e. The molecule has 0 atom stereocenters. The van der Waals surface area contributed by atoms with E-state index in [0.717, 1.165) is 23.9 Å². The zero-order chi connectivity index (χ0) is 12.8. The van der Waals surface area contributed by atoms with Gasteiger partial charge in [-0.3, -0.25) is 0 Å². The first kappa shape index (κ1) is 12.3. The van der Waals surface area contributed by atoms with Crippen molar-refractivity contribution < 1.29 is 0 Å². The highest BCUT2D eigenvalue weighted by Gasteiger charge is 2.06. The van der Waals surface area contributed by atoms with E-state index in [9.17, 15) is 5.26 Å². The topological polar surface area (TPSA) is 54.5 Å². The van der Waals surface area contributed by atoms with Crippen LogP contribution in [0.4, 0.5) is 0 Å². The van der Waals surface area contributed by atoms with Gasteiger partial charge in [0.15, 0.2) is 0 Å². The highest BCUT2D eigenvalue weighted by Crippen LogP contribution is 2.15. The molecule has 0 saturated carbocycles. The molecule has 1 aromatic carbocycles. The van der Waals surface area contributed by atoms with Gasteiger partial charge in [0.2, 0.25) is 0 Å². The number of nitriles is 1. The van der Waals surface area contributed by atoms with Gasteiger partial charge in [-0.25, -0.2) is 4.68 Å². The predicted molar refractivity (Wildman–Crippen MR) is 71.6 cm³/mol. The van der Waals surface area contributed by atoms with E-state index in [0.29, 0.717) is 5.70 Å². The van der Waals surface area contributed by atoms with Crippen molar-refractivity contribution in [3.8, 4) is 6.07 Å². The maximum atomic E-state index is 9.21. The highest BCUT2D eigenvalue weighted by molar-refractivity contribution is 5.79. The lowest BCUT2D eigenvalue weighted by Gasteiger charge is -1.99. The maximum Gasteiger partial charge on any atom is 0.140 e. The summed E-state index contributed by atoms with van der Waals surface area (Å²) in [5.74, 6) is 0. The first-order chi connectivity index (χ1) is 8.86. The van der Waals surface area contributed by atoms with Crippen molar-refractivity contribution in [2.24, 2.45) is 0 Å². The van der Waals surface area contributed by atoms with Crippen LogP contribution in [0.2, 0.25) is 0 Å². The molecule has 0 saturated heterocycles. The first-order valence-electron chi connectivity index (χ1n) is 6.28. The molecule has 2 rings (SSSR count). The molecule has 0 unspecified atom stereocenters. The van der Waals surface area contributed by atoms with E-state index >= 15 is 0 Å². The summed E-state index contributed by atoms with van der Waals surface area (Å²) in [6, 6.07) is 9.85. The van der Waals surface area contributed by atoms with E-state index in [1.807, 2.05) is 30.3 Å². The van der Waals surface area contributed by atoms with Crippen molar-refractivity contribution in [1.82, 2.24) is 15.0 Å². The van der Waals surface area contributed by atoms with E-state index in [4.69, 9.17) is 0 Å². The van der Waals surface area contributed by atoms with Gasteiger partial charge in [0.1, 0.15) is 17.3 Å². The van der Waals surface area contributed by atoms with Crippen LogP contribution in [0.3, 0.4) is 0 Å². The molecule has 0 aliphatic heterocycles. The molecule has 0 radical (unpaired) electrons. The quantitative estimate of drug-likeness (QED) is 0.594. The molecule has 1 aromatic heterocycles. The average Bonchev–Trinajstić information content (AvgIpc) is 2.83. The second kappa shape index (κ2) is 5.97. The third kappa shape index (κ3) is 2.57. The zero-order valence-corrected chi connectivity index (χ0v) is 10.5. The van der Waals surface area contributed by atoms with Crippen LogP contribution in [-0.4, -0.2) is 15.0 Å². The Morgan fingerprint density at radius 3 is 3.00 bits per heavy atom. The van der Waals surface area contributed by atoms with Crippen LogP contribution in [0, 0.1) is 11.3 Å². The molecule has 1 heterocycles. The molecule has 0 spiro atoms. The molecule has 0 aliphatic carbocycles. The van der Waals surface area contributed by atoms with Crippen LogP contribution in [0.15, 0.2) is 30.3 Å². The SMILES string of the molecule is CCCCC/C=C(/C#N)n1nnc2ccccc21. The third-order valence-corrected chi connectivity index (χ3v) is 2.84. The molecule has 0 fully saturated rings. The summed E-state index contributed by atoms with van der Waals surface area (Å²) in [6.07, 6.45) is 6.32. The Hall–Kier alpha value is -2.15. The van der Waals surface area contributed by atoms with Crippen molar-refractivity contribution in [3.05, 3.63) is 30.3 Å². The van der Waals surface area contributed by atoms with Crippen molar-refractivity contribution in [2.75, 3.05) is 0 Å². The molecule has 0 bridgehead atoms. The second-order valence-electron chi connectivity index (χ2n) is 4.19. The number of aromatic nitrogens is 3. The van der Waals surface area contributed by atoms with Crippen LogP contribution in [0.5, 0.6) is 0 Å². The summed E-state index contributed by atoms with van der Waals surface area (Å²) in [4.78, 5) is 0. The van der Waals surface area contributed by atoms with Gasteiger partial charge in [-0.05, 0) is 31.1 Å². The lowest BCUT2D eigenvalue weighted by Crippen LogP contribution is -1.97. The standard InChI is InChI=1S/C14H16N4/c1-2-3-4-5-8-12(11-15)18-14-10-7-6-9-13(14)16-17-18/h6-10H,2-5H2,1H3/b12-8-. The average molecular weight is 240 g/mol. The van der Waals surface area contributed by atoms with E-state index in [-0.39, 0.29) is 0 Å². The van der Waals surface area contributed by atoms with E-state index in [1.54, 1.807) is 4.68 Å². The van der Waals surface area contributed by atoms with Crippen LogP contribution < -0.4 is 0 Å².